The Morgan fingerprint density at radius 3 is 2.47 bits per heavy atom. The van der Waals surface area contributed by atoms with Crippen LogP contribution < -0.4 is 21.7 Å². The number of carbonyl (C=O) groups excluding carboxylic acids is 2. The van der Waals surface area contributed by atoms with Gasteiger partial charge >= 0.3 is 0 Å². The van der Waals surface area contributed by atoms with Crippen molar-refractivity contribution in [2.45, 2.75) is 57.6 Å². The molecule has 0 radical (unpaired) electrons. The average molecular weight is 527 g/mol. The highest BCUT2D eigenvalue weighted by Crippen LogP contribution is 2.32. The van der Waals surface area contributed by atoms with Crippen LogP contribution in [0.2, 0.25) is 0 Å². The first-order valence-corrected chi connectivity index (χ1v) is 12.6. The summed E-state index contributed by atoms with van der Waals surface area (Å²) in [6, 6.07) is 8.08. The van der Waals surface area contributed by atoms with E-state index in [0.29, 0.717) is 43.6 Å². The van der Waals surface area contributed by atoms with E-state index in [9.17, 15) is 19.8 Å². The summed E-state index contributed by atoms with van der Waals surface area (Å²) in [7, 11) is 0. The lowest BCUT2D eigenvalue weighted by Gasteiger charge is -2.16. The number of rotatable bonds is 12. The van der Waals surface area contributed by atoms with Crippen LogP contribution in [0.4, 0.5) is 11.8 Å². The average Bonchev–Trinajstić information content (AvgIpc) is 3.45. The minimum Gasteiger partial charge on any atom is -0.387 e. The molecule has 1 aliphatic heterocycles. The van der Waals surface area contributed by atoms with E-state index in [0.717, 1.165) is 17.7 Å². The van der Waals surface area contributed by atoms with Crippen LogP contribution in [0.3, 0.4) is 0 Å². The molecule has 1 amide bonds. The fraction of sp³-hybridized carbons (Fsp3) is 0.480. The Bertz CT molecular complexity index is 1260. The van der Waals surface area contributed by atoms with E-state index in [2.05, 4.69) is 30.9 Å². The molecule has 7 N–H and O–H groups in total. The van der Waals surface area contributed by atoms with E-state index in [-0.39, 0.29) is 17.7 Å². The second kappa shape index (κ2) is 12.3. The van der Waals surface area contributed by atoms with Crippen molar-refractivity contribution in [2.75, 3.05) is 30.8 Å². The SMILES string of the molecule is CCNCNC(=O)CCc1ccc(CCNc2nc(N)c3ncn([C@@H]4O[C@H](C(C)=O)[C@H](O)C4O)c3n2)cc1. The number of nitrogens with two attached hydrogens (primary N) is 1. The molecule has 0 bridgehead atoms. The van der Waals surface area contributed by atoms with Crippen LogP contribution in [0.1, 0.15) is 37.6 Å². The number of aliphatic hydroxyl groups excluding tert-OH is 2. The maximum absolute atomic E-state index is 11.9. The minimum absolute atomic E-state index is 0.0145. The number of imidazole rings is 1. The maximum atomic E-state index is 11.9. The molecule has 3 heterocycles. The topological polar surface area (TPSA) is 190 Å². The summed E-state index contributed by atoms with van der Waals surface area (Å²) in [5, 5.41) is 29.7. The van der Waals surface area contributed by atoms with Gasteiger partial charge in [0.15, 0.2) is 23.5 Å². The van der Waals surface area contributed by atoms with Gasteiger partial charge in [0.05, 0.1) is 13.0 Å². The summed E-state index contributed by atoms with van der Waals surface area (Å²) in [4.78, 5) is 36.6. The first-order valence-electron chi connectivity index (χ1n) is 12.6. The highest BCUT2D eigenvalue weighted by atomic mass is 16.6. The summed E-state index contributed by atoms with van der Waals surface area (Å²) < 4.78 is 7.05. The molecule has 38 heavy (non-hydrogen) atoms. The van der Waals surface area contributed by atoms with Gasteiger partial charge in [0.1, 0.15) is 23.8 Å². The Morgan fingerprint density at radius 1 is 1.11 bits per heavy atom. The number of nitrogens with zero attached hydrogens (tertiary/aromatic N) is 4. The van der Waals surface area contributed by atoms with E-state index >= 15 is 0 Å². The largest absolute Gasteiger partial charge is 0.387 e. The normalized spacial score (nSPS) is 21.1. The molecule has 2 aromatic heterocycles. The fourth-order valence-corrected chi connectivity index (χ4v) is 4.25. The van der Waals surface area contributed by atoms with Gasteiger partial charge in [0.2, 0.25) is 11.9 Å². The fourth-order valence-electron chi connectivity index (χ4n) is 4.25. The number of hydrogen-bond acceptors (Lipinski definition) is 11. The van der Waals surface area contributed by atoms with Gasteiger partial charge in [0.25, 0.3) is 0 Å². The number of aromatic nitrogens is 4. The number of ether oxygens (including phenoxy) is 1. The van der Waals surface area contributed by atoms with Crippen molar-refractivity contribution in [1.29, 1.82) is 0 Å². The number of carbonyl (C=O) groups is 2. The molecule has 3 aromatic rings. The van der Waals surface area contributed by atoms with Crippen molar-refractivity contribution in [3.05, 3.63) is 41.7 Å². The molecule has 0 saturated carbocycles. The highest BCUT2D eigenvalue weighted by molar-refractivity contribution is 5.83. The first-order chi connectivity index (χ1) is 18.3. The molecule has 1 fully saturated rings. The van der Waals surface area contributed by atoms with Crippen LogP contribution in [-0.4, -0.2) is 79.5 Å². The number of benzene rings is 1. The molecule has 13 nitrogen and oxygen atoms in total. The quantitative estimate of drug-likeness (QED) is 0.136. The standard InChI is InChI=1S/C25H34N8O5/c1-3-27-12-29-17(35)9-8-15-4-6-16(7-5-15)10-11-28-25-31-22(26)18-23(32-25)33(13-30-18)24-20(37)19(36)21(38-24)14(2)34/h4-7,13,19-21,24,27,36-37H,3,8-12H2,1-2H3,(H,29,35)(H3,26,28,31,32)/t19-,20?,21-,24-/m1/s1. The van der Waals surface area contributed by atoms with Gasteiger partial charge in [0, 0.05) is 13.0 Å². The van der Waals surface area contributed by atoms with Crippen molar-refractivity contribution in [1.82, 2.24) is 30.2 Å². The Balaban J connectivity index is 1.35. The van der Waals surface area contributed by atoms with Crippen molar-refractivity contribution in [3.8, 4) is 0 Å². The monoisotopic (exact) mass is 526 g/mol. The Morgan fingerprint density at radius 2 is 1.82 bits per heavy atom. The van der Waals surface area contributed by atoms with Crippen LogP contribution in [-0.2, 0) is 27.2 Å². The predicted octanol–water partition coefficient (Wildman–Crippen LogP) is -0.113. The lowest BCUT2D eigenvalue weighted by atomic mass is 10.1. The summed E-state index contributed by atoms with van der Waals surface area (Å²) in [5.74, 6) is 0.0403. The van der Waals surface area contributed by atoms with Crippen LogP contribution in [0.5, 0.6) is 0 Å². The summed E-state index contributed by atoms with van der Waals surface area (Å²) in [6.07, 6.45) is -1.72. The van der Waals surface area contributed by atoms with E-state index in [1.807, 2.05) is 31.2 Å². The van der Waals surface area contributed by atoms with Crippen LogP contribution in [0.15, 0.2) is 30.6 Å². The molecular weight excluding hydrogens is 492 g/mol. The van der Waals surface area contributed by atoms with E-state index in [1.165, 1.54) is 17.8 Å². The first kappa shape index (κ1) is 27.4. The molecule has 1 aliphatic rings. The molecule has 0 aliphatic carbocycles. The van der Waals surface area contributed by atoms with Crippen LogP contribution >= 0.6 is 0 Å². The number of Topliss-reactive ketones (excluding diaryl/α,β-unsaturated/α-hetero) is 1. The number of aryl methyl sites for hydroxylation is 1. The van der Waals surface area contributed by atoms with Crippen LogP contribution in [0, 0.1) is 0 Å². The van der Waals surface area contributed by atoms with Gasteiger partial charge in [-0.3, -0.25) is 14.2 Å². The number of amides is 1. The number of anilines is 2. The third kappa shape index (κ3) is 6.25. The lowest BCUT2D eigenvalue weighted by molar-refractivity contribution is -0.133. The molecule has 4 atom stereocenters. The number of nitrogen functional groups attached to an aromatic ring is 1. The zero-order chi connectivity index (χ0) is 27.2. The number of fused-ring (bicyclic) bond motifs is 1. The molecule has 1 unspecified atom stereocenters. The Labute approximate surface area is 219 Å². The van der Waals surface area contributed by atoms with Gasteiger partial charge in [-0.05, 0) is 37.4 Å². The Kier molecular flexibility index (Phi) is 8.84. The zero-order valence-corrected chi connectivity index (χ0v) is 21.4. The minimum atomic E-state index is -1.36. The predicted molar refractivity (Wildman–Crippen MR) is 140 cm³/mol. The van der Waals surface area contributed by atoms with Gasteiger partial charge in [-0.2, -0.15) is 9.97 Å². The summed E-state index contributed by atoms with van der Waals surface area (Å²) >= 11 is 0. The molecule has 0 spiro atoms. The lowest BCUT2D eigenvalue weighted by Crippen LogP contribution is -2.34. The van der Waals surface area contributed by atoms with E-state index < -0.39 is 30.3 Å². The highest BCUT2D eigenvalue weighted by Gasteiger charge is 2.46. The number of hydrogen-bond donors (Lipinski definition) is 6. The molecule has 13 heteroatoms. The van der Waals surface area contributed by atoms with Gasteiger partial charge < -0.3 is 36.6 Å². The second-order valence-corrected chi connectivity index (χ2v) is 9.17. The summed E-state index contributed by atoms with van der Waals surface area (Å²) in [5.41, 5.74) is 8.89. The third-order valence-corrected chi connectivity index (χ3v) is 6.38. The Hall–Kier alpha value is -3.65. The summed E-state index contributed by atoms with van der Waals surface area (Å²) in [6.45, 7) is 5.08. The van der Waals surface area contributed by atoms with Crippen molar-refractivity contribution in [2.24, 2.45) is 0 Å². The molecule has 1 saturated heterocycles. The molecule has 204 valence electrons. The van der Waals surface area contributed by atoms with Crippen LogP contribution in [0.25, 0.3) is 11.2 Å². The number of nitrogens with one attached hydrogen (secondary N) is 3. The van der Waals surface area contributed by atoms with E-state index in [4.69, 9.17) is 10.5 Å². The molecule has 4 rings (SSSR count). The molecular formula is C25H34N8O5. The number of ketones is 1. The molecule has 1 aromatic carbocycles. The van der Waals surface area contributed by atoms with Crippen molar-refractivity contribution < 1.29 is 24.5 Å². The van der Waals surface area contributed by atoms with Crippen molar-refractivity contribution in [3.63, 3.8) is 0 Å². The smallest absolute Gasteiger partial charge is 0.226 e. The van der Waals surface area contributed by atoms with Gasteiger partial charge in [-0.15, -0.1) is 0 Å². The van der Waals surface area contributed by atoms with Gasteiger partial charge in [-0.25, -0.2) is 4.98 Å². The van der Waals surface area contributed by atoms with Crippen molar-refractivity contribution >= 4 is 34.6 Å². The maximum Gasteiger partial charge on any atom is 0.226 e. The van der Waals surface area contributed by atoms with Gasteiger partial charge in [-0.1, -0.05) is 31.2 Å². The second-order valence-electron chi connectivity index (χ2n) is 9.17. The van der Waals surface area contributed by atoms with E-state index in [1.54, 1.807) is 0 Å². The number of aliphatic hydroxyl groups is 2. The zero-order valence-electron chi connectivity index (χ0n) is 21.4. The third-order valence-electron chi connectivity index (χ3n) is 6.38.